The van der Waals surface area contributed by atoms with Crippen LogP contribution in [0.3, 0.4) is 0 Å². The summed E-state index contributed by atoms with van der Waals surface area (Å²) >= 11 is 0. The first kappa shape index (κ1) is 17.2. The van der Waals surface area contributed by atoms with Gasteiger partial charge in [-0.3, -0.25) is 4.79 Å². The van der Waals surface area contributed by atoms with E-state index in [1.54, 1.807) is 33.3 Å². The third-order valence-electron chi connectivity index (χ3n) is 3.40. The molecule has 0 bridgehead atoms. The van der Waals surface area contributed by atoms with Gasteiger partial charge in [-0.25, -0.2) is 5.43 Å². The molecule has 0 aromatic heterocycles. The molecule has 126 valence electrons. The van der Waals surface area contributed by atoms with Crippen molar-refractivity contribution in [2.75, 3.05) is 27.4 Å². The molecule has 1 aliphatic rings. The van der Waals surface area contributed by atoms with E-state index in [1.165, 1.54) is 6.21 Å². The molecule has 1 aromatic carbocycles. The van der Waals surface area contributed by atoms with E-state index in [0.717, 1.165) is 12.0 Å². The molecule has 0 unspecified atom stereocenters. The maximum atomic E-state index is 11.9. The maximum Gasteiger partial charge on any atom is 0.245 e. The van der Waals surface area contributed by atoms with Gasteiger partial charge in [-0.1, -0.05) is 0 Å². The number of hydrogen-bond acceptors (Lipinski definition) is 6. The van der Waals surface area contributed by atoms with Crippen LogP contribution in [0, 0.1) is 0 Å². The predicted molar refractivity (Wildman–Crippen MR) is 84.8 cm³/mol. The number of carbonyl (C=O) groups excluding carboxylic acids is 1. The second-order valence-electron chi connectivity index (χ2n) is 5.27. The van der Waals surface area contributed by atoms with E-state index >= 15 is 0 Å². The largest absolute Gasteiger partial charge is 0.493 e. The Morgan fingerprint density at radius 1 is 1.30 bits per heavy atom. The zero-order valence-electron chi connectivity index (χ0n) is 13.6. The van der Waals surface area contributed by atoms with E-state index in [0.29, 0.717) is 24.7 Å². The highest BCUT2D eigenvalue weighted by Crippen LogP contribution is 2.26. The summed E-state index contributed by atoms with van der Waals surface area (Å²) in [6, 6.07) is 5.35. The Bertz CT molecular complexity index is 568. The molecule has 0 spiro atoms. The van der Waals surface area contributed by atoms with Gasteiger partial charge in [0, 0.05) is 0 Å². The van der Waals surface area contributed by atoms with Gasteiger partial charge in [0.05, 0.1) is 40.1 Å². The fourth-order valence-corrected chi connectivity index (χ4v) is 2.22. The van der Waals surface area contributed by atoms with Crippen molar-refractivity contribution in [2.24, 2.45) is 5.10 Å². The van der Waals surface area contributed by atoms with Crippen molar-refractivity contribution in [3.63, 3.8) is 0 Å². The molecule has 0 saturated carbocycles. The number of carbonyl (C=O) groups is 1. The van der Waals surface area contributed by atoms with Crippen LogP contribution in [0.2, 0.25) is 0 Å². The Balaban J connectivity index is 1.89. The predicted octanol–water partition coefficient (Wildman–Crippen LogP) is 1.70. The first-order valence-corrected chi connectivity index (χ1v) is 7.38. The highest BCUT2D eigenvalue weighted by Gasteiger charge is 2.31. The van der Waals surface area contributed by atoms with Gasteiger partial charge in [0.25, 0.3) is 0 Å². The van der Waals surface area contributed by atoms with Gasteiger partial charge in [-0.05, 0) is 37.1 Å². The molecule has 1 saturated heterocycles. The summed E-state index contributed by atoms with van der Waals surface area (Å²) in [6.45, 7) is 2.95. The Morgan fingerprint density at radius 3 is 2.65 bits per heavy atom. The monoisotopic (exact) mass is 322 g/mol. The number of ether oxygens (including phenoxy) is 4. The molecule has 1 aromatic rings. The number of nitrogens with one attached hydrogen (secondary N) is 1. The Labute approximate surface area is 135 Å². The van der Waals surface area contributed by atoms with Crippen LogP contribution >= 0.6 is 0 Å². The number of methoxy groups -OCH3 is 2. The summed E-state index contributed by atoms with van der Waals surface area (Å²) in [4.78, 5) is 11.9. The van der Waals surface area contributed by atoms with Crippen LogP contribution in [-0.2, 0) is 14.3 Å². The van der Waals surface area contributed by atoms with Gasteiger partial charge in [-0.15, -0.1) is 0 Å². The normalized spacial score (nSPS) is 17.0. The van der Waals surface area contributed by atoms with Crippen LogP contribution in [-0.4, -0.2) is 45.3 Å². The van der Waals surface area contributed by atoms with Crippen molar-refractivity contribution in [2.45, 2.75) is 25.6 Å². The minimum Gasteiger partial charge on any atom is -0.493 e. The number of hydrogen-bond donors (Lipinski definition) is 1. The average molecular weight is 322 g/mol. The quantitative estimate of drug-likeness (QED) is 0.637. The van der Waals surface area contributed by atoms with Crippen LogP contribution in [0.4, 0.5) is 0 Å². The van der Waals surface area contributed by atoms with E-state index < -0.39 is 5.79 Å². The SMILES string of the molecule is COc1ccc(/C=N\NC(=O)CC2(C)OCCCO2)cc1OC. The molecule has 2 rings (SSSR count). The number of amides is 1. The van der Waals surface area contributed by atoms with E-state index in [2.05, 4.69) is 10.5 Å². The van der Waals surface area contributed by atoms with Gasteiger partial charge in [0.1, 0.15) is 0 Å². The smallest absolute Gasteiger partial charge is 0.245 e. The average Bonchev–Trinajstić information content (AvgIpc) is 2.54. The van der Waals surface area contributed by atoms with Crippen molar-refractivity contribution in [3.8, 4) is 11.5 Å². The van der Waals surface area contributed by atoms with Crippen molar-refractivity contribution in [1.82, 2.24) is 5.43 Å². The molecule has 23 heavy (non-hydrogen) atoms. The van der Waals surface area contributed by atoms with Crippen molar-refractivity contribution in [1.29, 1.82) is 0 Å². The lowest BCUT2D eigenvalue weighted by molar-refractivity contribution is -0.256. The van der Waals surface area contributed by atoms with Gasteiger partial charge >= 0.3 is 0 Å². The molecule has 1 amide bonds. The summed E-state index contributed by atoms with van der Waals surface area (Å²) in [7, 11) is 3.13. The fraction of sp³-hybridized carbons (Fsp3) is 0.500. The van der Waals surface area contributed by atoms with Crippen LogP contribution in [0.15, 0.2) is 23.3 Å². The van der Waals surface area contributed by atoms with Crippen molar-refractivity contribution in [3.05, 3.63) is 23.8 Å². The topological polar surface area (TPSA) is 78.4 Å². The Morgan fingerprint density at radius 2 is 2.00 bits per heavy atom. The number of hydrazone groups is 1. The highest BCUT2D eigenvalue weighted by atomic mass is 16.7. The summed E-state index contributed by atoms with van der Waals surface area (Å²) in [5.41, 5.74) is 3.25. The molecule has 1 fully saturated rings. The van der Waals surface area contributed by atoms with Gasteiger partial charge < -0.3 is 18.9 Å². The second-order valence-corrected chi connectivity index (χ2v) is 5.27. The lowest BCUT2D eigenvalue weighted by Gasteiger charge is -2.33. The molecule has 7 nitrogen and oxygen atoms in total. The zero-order valence-corrected chi connectivity index (χ0v) is 13.6. The lowest BCUT2D eigenvalue weighted by atomic mass is 10.2. The maximum absolute atomic E-state index is 11.9. The van der Waals surface area contributed by atoms with Crippen LogP contribution in [0.1, 0.15) is 25.3 Å². The highest BCUT2D eigenvalue weighted by molar-refractivity contribution is 5.83. The molecular formula is C16H22N2O5. The molecule has 7 heteroatoms. The van der Waals surface area contributed by atoms with Gasteiger partial charge in [-0.2, -0.15) is 5.10 Å². The van der Waals surface area contributed by atoms with E-state index in [9.17, 15) is 4.79 Å². The molecule has 1 heterocycles. The summed E-state index contributed by atoms with van der Waals surface area (Å²) < 4.78 is 21.4. The molecule has 1 N–H and O–H groups in total. The first-order chi connectivity index (χ1) is 11.1. The van der Waals surface area contributed by atoms with Gasteiger partial charge in [0.2, 0.25) is 5.91 Å². The van der Waals surface area contributed by atoms with E-state index in [-0.39, 0.29) is 12.3 Å². The van der Waals surface area contributed by atoms with E-state index in [1.807, 2.05) is 6.07 Å². The molecule has 0 radical (unpaired) electrons. The molecule has 1 aliphatic heterocycles. The number of nitrogens with zero attached hydrogens (tertiary/aromatic N) is 1. The third-order valence-corrected chi connectivity index (χ3v) is 3.40. The molecule has 0 atom stereocenters. The fourth-order valence-electron chi connectivity index (χ4n) is 2.22. The zero-order chi connectivity index (χ0) is 16.7. The Kier molecular flexibility index (Phi) is 5.95. The summed E-state index contributed by atoms with van der Waals surface area (Å²) in [5.74, 6) is 0.0832. The van der Waals surface area contributed by atoms with Crippen LogP contribution in [0.25, 0.3) is 0 Å². The number of rotatable bonds is 6. The molecule has 0 aliphatic carbocycles. The standard InChI is InChI=1S/C16H22N2O5/c1-16(22-7-4-8-23-16)10-15(19)18-17-11-12-5-6-13(20-2)14(9-12)21-3/h5-6,9,11H,4,7-8,10H2,1-3H3,(H,18,19)/b17-11-. The summed E-state index contributed by atoms with van der Waals surface area (Å²) in [5, 5.41) is 3.94. The first-order valence-electron chi connectivity index (χ1n) is 7.38. The van der Waals surface area contributed by atoms with Crippen LogP contribution in [0.5, 0.6) is 11.5 Å². The minimum atomic E-state index is -0.874. The Hall–Kier alpha value is -2.12. The molecular weight excluding hydrogens is 300 g/mol. The van der Waals surface area contributed by atoms with Crippen molar-refractivity contribution >= 4 is 12.1 Å². The van der Waals surface area contributed by atoms with E-state index in [4.69, 9.17) is 18.9 Å². The number of benzene rings is 1. The lowest BCUT2D eigenvalue weighted by Crippen LogP contribution is -2.41. The minimum absolute atomic E-state index is 0.0935. The second kappa shape index (κ2) is 7.94. The van der Waals surface area contributed by atoms with Crippen molar-refractivity contribution < 1.29 is 23.7 Å². The summed E-state index contributed by atoms with van der Waals surface area (Å²) in [6.07, 6.45) is 2.47. The van der Waals surface area contributed by atoms with Crippen LogP contribution < -0.4 is 14.9 Å². The third kappa shape index (κ3) is 4.94. The van der Waals surface area contributed by atoms with Gasteiger partial charge in [0.15, 0.2) is 17.3 Å².